The van der Waals surface area contributed by atoms with Crippen molar-refractivity contribution in [2.75, 3.05) is 27.7 Å². The number of thiocarbonyl (C=S) groups is 1. The molecule has 1 saturated carbocycles. The normalized spacial score (nSPS) is 17.2. The standard InChI is InChI=1S/C15H24N4S/c1-18(2)15(7-5-8-15)11-19(3)10-12-6-4-9-17-13(12)14(16)20/h4,6,9H,5,7-8,10-11H2,1-3H3,(H2,16,20). The van der Waals surface area contributed by atoms with E-state index in [9.17, 15) is 0 Å². The van der Waals surface area contributed by atoms with Gasteiger partial charge in [0.15, 0.2) is 0 Å². The second-order valence-corrected chi connectivity index (χ2v) is 6.46. The van der Waals surface area contributed by atoms with Crippen molar-refractivity contribution in [3.8, 4) is 0 Å². The summed E-state index contributed by atoms with van der Waals surface area (Å²) in [6.07, 6.45) is 5.63. The van der Waals surface area contributed by atoms with Gasteiger partial charge in [-0.1, -0.05) is 18.3 Å². The molecule has 0 spiro atoms. The van der Waals surface area contributed by atoms with E-state index in [2.05, 4.69) is 42.0 Å². The lowest BCUT2D eigenvalue weighted by Crippen LogP contribution is -2.56. The first-order valence-corrected chi connectivity index (χ1v) is 7.45. The van der Waals surface area contributed by atoms with Crippen LogP contribution in [0.4, 0.5) is 0 Å². The first-order chi connectivity index (χ1) is 9.44. The first-order valence-electron chi connectivity index (χ1n) is 7.04. The number of nitrogens with zero attached hydrogens (tertiary/aromatic N) is 3. The molecule has 1 aliphatic carbocycles. The molecule has 0 amide bonds. The highest BCUT2D eigenvalue weighted by atomic mass is 32.1. The van der Waals surface area contributed by atoms with Crippen molar-refractivity contribution >= 4 is 17.2 Å². The first kappa shape index (κ1) is 15.4. The van der Waals surface area contributed by atoms with E-state index in [1.165, 1.54) is 19.3 Å². The van der Waals surface area contributed by atoms with Crippen molar-refractivity contribution in [2.45, 2.75) is 31.3 Å². The van der Waals surface area contributed by atoms with Gasteiger partial charge in [0.1, 0.15) is 10.7 Å². The number of nitrogens with two attached hydrogens (primary N) is 1. The molecule has 2 rings (SSSR count). The summed E-state index contributed by atoms with van der Waals surface area (Å²) >= 11 is 5.08. The van der Waals surface area contributed by atoms with Gasteiger partial charge in [-0.3, -0.25) is 4.98 Å². The number of rotatable bonds is 6. The van der Waals surface area contributed by atoms with Crippen LogP contribution in [0, 0.1) is 0 Å². The average Bonchev–Trinajstić information content (AvgIpc) is 2.33. The van der Waals surface area contributed by atoms with Gasteiger partial charge in [0.05, 0.1) is 0 Å². The molecule has 0 saturated heterocycles. The van der Waals surface area contributed by atoms with Crippen molar-refractivity contribution in [3.05, 3.63) is 29.6 Å². The average molecular weight is 292 g/mol. The van der Waals surface area contributed by atoms with Crippen LogP contribution < -0.4 is 5.73 Å². The zero-order valence-electron chi connectivity index (χ0n) is 12.6. The van der Waals surface area contributed by atoms with E-state index in [-0.39, 0.29) is 0 Å². The minimum Gasteiger partial charge on any atom is -0.388 e. The third kappa shape index (κ3) is 3.16. The summed E-state index contributed by atoms with van der Waals surface area (Å²) < 4.78 is 0. The molecule has 4 nitrogen and oxygen atoms in total. The van der Waals surface area contributed by atoms with E-state index in [1.807, 2.05) is 6.07 Å². The van der Waals surface area contributed by atoms with Crippen LogP contribution >= 0.6 is 12.2 Å². The van der Waals surface area contributed by atoms with Crippen LogP contribution in [0.15, 0.2) is 18.3 Å². The van der Waals surface area contributed by atoms with Gasteiger partial charge in [-0.15, -0.1) is 0 Å². The van der Waals surface area contributed by atoms with E-state index in [1.54, 1.807) is 6.20 Å². The summed E-state index contributed by atoms with van der Waals surface area (Å²) in [5.74, 6) is 0. The fourth-order valence-corrected chi connectivity index (χ4v) is 3.15. The molecule has 1 fully saturated rings. The number of aromatic nitrogens is 1. The van der Waals surface area contributed by atoms with Gasteiger partial charge in [0.2, 0.25) is 0 Å². The van der Waals surface area contributed by atoms with Crippen LogP contribution in [0.3, 0.4) is 0 Å². The van der Waals surface area contributed by atoms with Gasteiger partial charge in [-0.05, 0) is 52.0 Å². The lowest BCUT2D eigenvalue weighted by atomic mass is 9.75. The highest BCUT2D eigenvalue weighted by molar-refractivity contribution is 7.80. The number of hydrogen-bond donors (Lipinski definition) is 1. The quantitative estimate of drug-likeness (QED) is 0.808. The maximum absolute atomic E-state index is 5.75. The maximum Gasteiger partial charge on any atom is 0.123 e. The molecular weight excluding hydrogens is 268 g/mol. The molecule has 0 aliphatic heterocycles. The van der Waals surface area contributed by atoms with Crippen molar-refractivity contribution in [1.82, 2.24) is 14.8 Å². The molecule has 1 heterocycles. The van der Waals surface area contributed by atoms with E-state index in [4.69, 9.17) is 18.0 Å². The van der Waals surface area contributed by atoms with Gasteiger partial charge in [-0.2, -0.15) is 0 Å². The molecule has 20 heavy (non-hydrogen) atoms. The van der Waals surface area contributed by atoms with Crippen LogP contribution in [0.5, 0.6) is 0 Å². The smallest absolute Gasteiger partial charge is 0.123 e. The Morgan fingerprint density at radius 1 is 1.40 bits per heavy atom. The molecule has 0 atom stereocenters. The number of pyridine rings is 1. The second kappa shape index (κ2) is 6.16. The predicted molar refractivity (Wildman–Crippen MR) is 86.7 cm³/mol. The summed E-state index contributed by atoms with van der Waals surface area (Å²) in [6.45, 7) is 1.89. The van der Waals surface area contributed by atoms with Crippen LogP contribution in [0.2, 0.25) is 0 Å². The number of likely N-dealkylation sites (N-methyl/N-ethyl adjacent to an activating group) is 2. The molecule has 0 bridgehead atoms. The van der Waals surface area contributed by atoms with Gasteiger partial charge < -0.3 is 15.5 Å². The lowest BCUT2D eigenvalue weighted by Gasteiger charge is -2.49. The van der Waals surface area contributed by atoms with Crippen molar-refractivity contribution in [3.63, 3.8) is 0 Å². The molecule has 0 radical (unpaired) electrons. The summed E-state index contributed by atoms with van der Waals surface area (Å²) in [5.41, 5.74) is 7.94. The van der Waals surface area contributed by atoms with Crippen LogP contribution in [-0.4, -0.2) is 53.0 Å². The summed E-state index contributed by atoms with van der Waals surface area (Å²) in [6, 6.07) is 4.00. The summed E-state index contributed by atoms with van der Waals surface area (Å²) in [4.78, 5) is 9.38. The number of hydrogen-bond acceptors (Lipinski definition) is 4. The topological polar surface area (TPSA) is 45.4 Å². The van der Waals surface area contributed by atoms with E-state index >= 15 is 0 Å². The van der Waals surface area contributed by atoms with Crippen molar-refractivity contribution in [2.24, 2.45) is 5.73 Å². The summed E-state index contributed by atoms with van der Waals surface area (Å²) in [7, 11) is 6.51. The monoisotopic (exact) mass is 292 g/mol. The van der Waals surface area contributed by atoms with Gasteiger partial charge in [-0.25, -0.2) is 0 Å². The molecule has 1 aromatic rings. The zero-order valence-corrected chi connectivity index (χ0v) is 13.4. The van der Waals surface area contributed by atoms with E-state index in [0.29, 0.717) is 10.5 Å². The molecule has 0 aromatic carbocycles. The Morgan fingerprint density at radius 3 is 2.60 bits per heavy atom. The third-order valence-corrected chi connectivity index (χ3v) is 4.56. The fraction of sp³-hybridized carbons (Fsp3) is 0.600. The lowest BCUT2D eigenvalue weighted by molar-refractivity contribution is 0.0258. The Hall–Kier alpha value is -1.04. The zero-order chi connectivity index (χ0) is 14.8. The van der Waals surface area contributed by atoms with Crippen LogP contribution in [0.1, 0.15) is 30.5 Å². The molecule has 1 aliphatic rings. The minimum atomic E-state index is 0.334. The minimum absolute atomic E-state index is 0.334. The predicted octanol–water partition coefficient (Wildman–Crippen LogP) is 1.63. The SMILES string of the molecule is CN(Cc1cccnc1C(N)=S)CC1(N(C)C)CCC1. The molecule has 5 heteroatoms. The van der Waals surface area contributed by atoms with Crippen molar-refractivity contribution in [1.29, 1.82) is 0 Å². The Labute approximate surface area is 127 Å². The molecule has 1 aromatic heterocycles. The fourth-order valence-electron chi connectivity index (χ4n) is 2.97. The van der Waals surface area contributed by atoms with E-state index < -0.39 is 0 Å². The molecule has 0 unspecified atom stereocenters. The highest BCUT2D eigenvalue weighted by Gasteiger charge is 2.39. The Balaban J connectivity index is 2.05. The molecule has 2 N–H and O–H groups in total. The van der Waals surface area contributed by atoms with Crippen molar-refractivity contribution < 1.29 is 0 Å². The largest absolute Gasteiger partial charge is 0.388 e. The van der Waals surface area contributed by atoms with Gasteiger partial charge in [0, 0.05) is 24.8 Å². The summed E-state index contributed by atoms with van der Waals surface area (Å²) in [5, 5.41) is 0. The van der Waals surface area contributed by atoms with Crippen LogP contribution in [-0.2, 0) is 6.54 Å². The molecular formula is C15H24N4S. The highest BCUT2D eigenvalue weighted by Crippen LogP contribution is 2.36. The third-order valence-electron chi connectivity index (χ3n) is 4.36. The maximum atomic E-state index is 5.75. The van der Waals surface area contributed by atoms with E-state index in [0.717, 1.165) is 24.3 Å². The van der Waals surface area contributed by atoms with Gasteiger partial charge >= 0.3 is 0 Å². The van der Waals surface area contributed by atoms with Crippen LogP contribution in [0.25, 0.3) is 0 Å². The Morgan fingerprint density at radius 2 is 2.10 bits per heavy atom. The Kier molecular flexibility index (Phi) is 4.73. The Bertz CT molecular complexity index is 483. The van der Waals surface area contributed by atoms with Gasteiger partial charge in [0.25, 0.3) is 0 Å². The second-order valence-electron chi connectivity index (χ2n) is 6.02. The molecule has 110 valence electrons.